The number of nitrogen functional groups attached to an aromatic ring is 1. The minimum Gasteiger partial charge on any atom is -0.469 e. The molecule has 0 aliphatic rings. The van der Waals surface area contributed by atoms with E-state index < -0.39 is 0 Å². The number of methoxy groups -OCH3 is 1. The molecule has 1 aromatic rings. The van der Waals surface area contributed by atoms with Gasteiger partial charge in [-0.25, -0.2) is 0 Å². The molecule has 1 unspecified atom stereocenters. The van der Waals surface area contributed by atoms with E-state index in [1.165, 1.54) is 18.9 Å². The number of ether oxygens (including phenoxy) is 1. The SMILES string of the molecule is COC(=O)CC(C)Sc1cc(Cl)ccc1N. The molecule has 5 heteroatoms. The van der Waals surface area contributed by atoms with E-state index in [9.17, 15) is 4.79 Å². The normalized spacial score (nSPS) is 12.2. The minimum atomic E-state index is -0.222. The number of benzene rings is 1. The van der Waals surface area contributed by atoms with Gasteiger partial charge in [0.05, 0.1) is 13.5 Å². The van der Waals surface area contributed by atoms with Gasteiger partial charge in [0.2, 0.25) is 0 Å². The number of hydrogen-bond donors (Lipinski definition) is 1. The van der Waals surface area contributed by atoms with Crippen molar-refractivity contribution in [1.29, 1.82) is 0 Å². The van der Waals surface area contributed by atoms with Gasteiger partial charge in [0.25, 0.3) is 0 Å². The molecule has 1 atom stereocenters. The molecule has 0 heterocycles. The van der Waals surface area contributed by atoms with E-state index in [4.69, 9.17) is 17.3 Å². The highest BCUT2D eigenvalue weighted by atomic mass is 35.5. The van der Waals surface area contributed by atoms with Gasteiger partial charge in [0, 0.05) is 20.9 Å². The summed E-state index contributed by atoms with van der Waals surface area (Å²) in [4.78, 5) is 12.0. The van der Waals surface area contributed by atoms with Gasteiger partial charge < -0.3 is 10.5 Å². The molecule has 2 N–H and O–H groups in total. The zero-order valence-corrected chi connectivity index (χ0v) is 10.8. The van der Waals surface area contributed by atoms with Crippen LogP contribution in [0.3, 0.4) is 0 Å². The van der Waals surface area contributed by atoms with Crippen molar-refractivity contribution < 1.29 is 9.53 Å². The largest absolute Gasteiger partial charge is 0.469 e. The molecule has 16 heavy (non-hydrogen) atoms. The first-order valence-corrected chi connectivity index (χ1v) is 6.07. The van der Waals surface area contributed by atoms with Gasteiger partial charge in [-0.1, -0.05) is 18.5 Å². The zero-order valence-electron chi connectivity index (χ0n) is 9.20. The Kier molecular flexibility index (Phi) is 4.96. The van der Waals surface area contributed by atoms with Crippen molar-refractivity contribution in [3.8, 4) is 0 Å². The highest BCUT2D eigenvalue weighted by Crippen LogP contribution is 2.32. The molecule has 0 bridgehead atoms. The van der Waals surface area contributed by atoms with Crippen LogP contribution in [-0.4, -0.2) is 18.3 Å². The quantitative estimate of drug-likeness (QED) is 0.513. The van der Waals surface area contributed by atoms with Crippen molar-refractivity contribution in [3.05, 3.63) is 23.2 Å². The van der Waals surface area contributed by atoms with Crippen molar-refractivity contribution in [2.75, 3.05) is 12.8 Å². The lowest BCUT2D eigenvalue weighted by atomic mass is 10.3. The summed E-state index contributed by atoms with van der Waals surface area (Å²) >= 11 is 7.39. The third-order valence-electron chi connectivity index (χ3n) is 1.99. The summed E-state index contributed by atoms with van der Waals surface area (Å²) in [5.41, 5.74) is 6.48. The molecule has 1 aromatic carbocycles. The Hall–Kier alpha value is -0.870. The zero-order chi connectivity index (χ0) is 12.1. The first-order chi connectivity index (χ1) is 7.52. The summed E-state index contributed by atoms with van der Waals surface area (Å²) < 4.78 is 4.60. The van der Waals surface area contributed by atoms with Gasteiger partial charge >= 0.3 is 5.97 Å². The Morgan fingerprint density at radius 3 is 2.94 bits per heavy atom. The maximum absolute atomic E-state index is 11.1. The highest BCUT2D eigenvalue weighted by Gasteiger charge is 2.12. The predicted octanol–water partition coefficient (Wildman–Crippen LogP) is 2.97. The van der Waals surface area contributed by atoms with Crippen molar-refractivity contribution >= 4 is 35.0 Å². The van der Waals surface area contributed by atoms with Crippen LogP contribution < -0.4 is 5.73 Å². The van der Waals surface area contributed by atoms with E-state index in [1.54, 1.807) is 18.2 Å². The molecular formula is C11H14ClNO2S. The van der Waals surface area contributed by atoms with Gasteiger partial charge in [0.1, 0.15) is 0 Å². The van der Waals surface area contributed by atoms with Crippen LogP contribution in [0.2, 0.25) is 5.02 Å². The summed E-state index contributed by atoms with van der Waals surface area (Å²) in [6, 6.07) is 5.30. The lowest BCUT2D eigenvalue weighted by Crippen LogP contribution is -2.08. The first kappa shape index (κ1) is 13.2. The molecule has 0 saturated carbocycles. The van der Waals surface area contributed by atoms with Crippen molar-refractivity contribution in [3.63, 3.8) is 0 Å². The van der Waals surface area contributed by atoms with Crippen LogP contribution in [-0.2, 0) is 9.53 Å². The molecule has 0 amide bonds. The minimum absolute atomic E-state index is 0.105. The van der Waals surface area contributed by atoms with E-state index in [-0.39, 0.29) is 11.2 Å². The van der Waals surface area contributed by atoms with E-state index in [0.717, 1.165) is 4.90 Å². The van der Waals surface area contributed by atoms with Gasteiger partial charge in [-0.15, -0.1) is 11.8 Å². The number of halogens is 1. The number of hydrogen-bond acceptors (Lipinski definition) is 4. The van der Waals surface area contributed by atoms with Crippen LogP contribution in [0.25, 0.3) is 0 Å². The molecule has 0 aliphatic heterocycles. The molecule has 0 aromatic heterocycles. The van der Waals surface area contributed by atoms with Crippen LogP contribution in [0.1, 0.15) is 13.3 Å². The molecule has 0 fully saturated rings. The number of thioether (sulfide) groups is 1. The second-order valence-corrected chi connectivity index (χ2v) is 5.31. The average molecular weight is 260 g/mol. The van der Waals surface area contributed by atoms with Crippen molar-refractivity contribution in [2.24, 2.45) is 0 Å². The molecule has 3 nitrogen and oxygen atoms in total. The highest BCUT2D eigenvalue weighted by molar-refractivity contribution is 8.00. The lowest BCUT2D eigenvalue weighted by Gasteiger charge is -2.11. The Morgan fingerprint density at radius 1 is 1.62 bits per heavy atom. The third kappa shape index (κ3) is 3.94. The topological polar surface area (TPSA) is 52.3 Å². The third-order valence-corrected chi connectivity index (χ3v) is 3.40. The van der Waals surface area contributed by atoms with E-state index in [2.05, 4.69) is 4.74 Å². The van der Waals surface area contributed by atoms with E-state index >= 15 is 0 Å². The molecule has 0 aliphatic carbocycles. The number of carbonyl (C=O) groups excluding carboxylic acids is 1. The van der Waals surface area contributed by atoms with E-state index in [0.29, 0.717) is 17.1 Å². The molecule has 1 rings (SSSR count). The number of anilines is 1. The summed E-state index contributed by atoms with van der Waals surface area (Å²) in [6.07, 6.45) is 0.354. The fourth-order valence-corrected chi connectivity index (χ4v) is 2.48. The average Bonchev–Trinajstić information content (AvgIpc) is 2.23. The standard InChI is InChI=1S/C11H14ClNO2S/c1-7(5-11(14)15-2)16-10-6-8(12)3-4-9(10)13/h3-4,6-7H,5,13H2,1-2H3. The number of nitrogens with two attached hydrogens (primary N) is 1. The lowest BCUT2D eigenvalue weighted by molar-refractivity contribution is -0.140. The Morgan fingerprint density at radius 2 is 2.31 bits per heavy atom. The first-order valence-electron chi connectivity index (χ1n) is 4.81. The van der Waals surface area contributed by atoms with Gasteiger partial charge in [-0.05, 0) is 18.2 Å². The Balaban J connectivity index is 2.65. The molecule has 0 saturated heterocycles. The van der Waals surface area contributed by atoms with Crippen molar-refractivity contribution in [1.82, 2.24) is 0 Å². The molecular weight excluding hydrogens is 246 g/mol. The van der Waals surface area contributed by atoms with Crippen LogP contribution in [0, 0.1) is 0 Å². The van der Waals surface area contributed by atoms with Gasteiger partial charge in [-0.2, -0.15) is 0 Å². The fourth-order valence-electron chi connectivity index (χ4n) is 1.19. The fraction of sp³-hybridized carbons (Fsp3) is 0.364. The number of rotatable bonds is 4. The smallest absolute Gasteiger partial charge is 0.306 e. The van der Waals surface area contributed by atoms with Crippen LogP contribution in [0.15, 0.2) is 23.1 Å². The second kappa shape index (κ2) is 6.01. The number of esters is 1. The van der Waals surface area contributed by atoms with Crippen LogP contribution in [0.5, 0.6) is 0 Å². The van der Waals surface area contributed by atoms with Crippen LogP contribution in [0.4, 0.5) is 5.69 Å². The van der Waals surface area contributed by atoms with Crippen LogP contribution >= 0.6 is 23.4 Å². The van der Waals surface area contributed by atoms with Gasteiger partial charge in [-0.3, -0.25) is 4.79 Å². The molecule has 0 spiro atoms. The predicted molar refractivity (Wildman–Crippen MR) is 67.8 cm³/mol. The number of carbonyl (C=O) groups is 1. The Labute approximate surface area is 104 Å². The summed E-state index contributed by atoms with van der Waals surface area (Å²) in [5, 5.41) is 0.746. The monoisotopic (exact) mass is 259 g/mol. The van der Waals surface area contributed by atoms with Gasteiger partial charge in [0.15, 0.2) is 0 Å². The maximum Gasteiger partial charge on any atom is 0.306 e. The summed E-state index contributed by atoms with van der Waals surface area (Å²) in [7, 11) is 1.38. The van der Waals surface area contributed by atoms with E-state index in [1.807, 2.05) is 6.92 Å². The molecule has 88 valence electrons. The second-order valence-electron chi connectivity index (χ2n) is 3.39. The summed E-state index contributed by atoms with van der Waals surface area (Å²) in [5.74, 6) is -0.222. The molecule has 0 radical (unpaired) electrons. The Bertz CT molecular complexity index is 384. The summed E-state index contributed by atoms with van der Waals surface area (Å²) in [6.45, 7) is 1.95. The maximum atomic E-state index is 11.1. The van der Waals surface area contributed by atoms with Crippen molar-refractivity contribution in [2.45, 2.75) is 23.5 Å².